The Morgan fingerprint density at radius 3 is 2.88 bits per heavy atom. The number of nitrogens with zero attached hydrogens (tertiary/aromatic N) is 2. The van der Waals surface area contributed by atoms with E-state index in [1.54, 1.807) is 30.3 Å². The number of carbonyl (C=O) groups excluding carboxylic acids is 1. The number of carbonyl (C=O) groups is 1. The predicted molar refractivity (Wildman–Crippen MR) is 95.5 cm³/mol. The van der Waals surface area contributed by atoms with E-state index in [0.717, 1.165) is 16.7 Å². The van der Waals surface area contributed by atoms with Crippen molar-refractivity contribution in [3.8, 4) is 0 Å². The maximum atomic E-state index is 12.3. The van der Waals surface area contributed by atoms with Crippen LogP contribution in [0.3, 0.4) is 0 Å². The van der Waals surface area contributed by atoms with Crippen molar-refractivity contribution in [2.75, 3.05) is 5.32 Å². The van der Waals surface area contributed by atoms with Gasteiger partial charge in [-0.2, -0.15) is 0 Å². The van der Waals surface area contributed by atoms with Gasteiger partial charge in [0.25, 0.3) is 11.6 Å². The van der Waals surface area contributed by atoms with Gasteiger partial charge in [-0.05, 0) is 30.3 Å². The third kappa shape index (κ3) is 2.92. The first-order valence-corrected chi connectivity index (χ1v) is 8.24. The Labute approximate surface area is 149 Å². The average molecular weight is 374 g/mol. The van der Waals surface area contributed by atoms with Crippen molar-refractivity contribution in [3.05, 3.63) is 63.4 Å². The summed E-state index contributed by atoms with van der Waals surface area (Å²) in [5.74, 6) is -0.330. The monoisotopic (exact) mass is 373 g/mol. The lowest BCUT2D eigenvalue weighted by Crippen LogP contribution is -2.10. The number of anilines is 1. The number of amides is 1. The third-order valence-corrected chi connectivity index (χ3v) is 4.67. The molecule has 0 saturated carbocycles. The van der Waals surface area contributed by atoms with Crippen LogP contribution in [0.15, 0.2) is 46.9 Å². The Morgan fingerprint density at radius 2 is 2.08 bits per heavy atom. The fraction of sp³-hybridized carbons (Fsp3) is 0. The highest BCUT2D eigenvalue weighted by Crippen LogP contribution is 2.30. The Kier molecular flexibility index (Phi) is 3.63. The molecule has 9 heteroatoms. The van der Waals surface area contributed by atoms with Crippen LogP contribution in [0, 0.1) is 10.1 Å². The summed E-state index contributed by atoms with van der Waals surface area (Å²) in [5.41, 5.74) is 1.10. The zero-order valence-electron chi connectivity index (χ0n) is 12.4. The van der Waals surface area contributed by atoms with Crippen molar-refractivity contribution >= 4 is 60.8 Å². The molecule has 7 nitrogen and oxygen atoms in total. The number of thiazole rings is 1. The summed E-state index contributed by atoms with van der Waals surface area (Å²) in [5, 5.41) is 15.1. The molecule has 0 aliphatic rings. The van der Waals surface area contributed by atoms with Crippen LogP contribution in [-0.4, -0.2) is 15.8 Å². The fourth-order valence-electron chi connectivity index (χ4n) is 2.37. The van der Waals surface area contributed by atoms with Gasteiger partial charge in [0.15, 0.2) is 10.9 Å². The van der Waals surface area contributed by atoms with E-state index in [9.17, 15) is 14.9 Å². The molecular weight excluding hydrogens is 366 g/mol. The number of hydrogen-bond acceptors (Lipinski definition) is 6. The highest BCUT2D eigenvalue weighted by Gasteiger charge is 2.16. The van der Waals surface area contributed by atoms with Crippen molar-refractivity contribution in [3.63, 3.8) is 0 Å². The molecule has 0 bridgehead atoms. The zero-order valence-corrected chi connectivity index (χ0v) is 13.9. The molecule has 0 saturated heterocycles. The number of nitro benzene ring substituents is 1. The quantitative estimate of drug-likeness (QED) is 0.408. The van der Waals surface area contributed by atoms with E-state index in [0.29, 0.717) is 26.0 Å². The van der Waals surface area contributed by atoms with Gasteiger partial charge in [0.1, 0.15) is 5.58 Å². The first kappa shape index (κ1) is 15.6. The molecule has 0 atom stereocenters. The number of halogens is 1. The van der Waals surface area contributed by atoms with Gasteiger partial charge in [-0.3, -0.25) is 20.2 Å². The maximum absolute atomic E-state index is 12.3. The molecule has 2 aromatic carbocycles. The van der Waals surface area contributed by atoms with Crippen LogP contribution < -0.4 is 5.32 Å². The summed E-state index contributed by atoms with van der Waals surface area (Å²) in [6.07, 6.45) is 0. The number of nitro groups is 1. The molecule has 0 aliphatic carbocycles. The standard InChI is InChI=1S/C16H8ClN3O4S/c17-9-1-4-12-8(5-9)6-13(24-12)15(21)19-16-18-11-3-2-10(20(22)23)7-14(11)25-16/h1-7H,(H,18,19,21). The second-order valence-electron chi connectivity index (χ2n) is 5.18. The summed E-state index contributed by atoms with van der Waals surface area (Å²) in [6, 6.07) is 11.0. The van der Waals surface area contributed by atoms with Gasteiger partial charge in [0.2, 0.25) is 0 Å². The number of non-ortho nitro benzene ring substituents is 1. The van der Waals surface area contributed by atoms with Gasteiger partial charge in [-0.25, -0.2) is 4.98 Å². The number of fused-ring (bicyclic) bond motifs is 2. The number of aromatic nitrogens is 1. The normalized spacial score (nSPS) is 11.1. The summed E-state index contributed by atoms with van der Waals surface area (Å²) in [6.45, 7) is 0. The molecule has 25 heavy (non-hydrogen) atoms. The van der Waals surface area contributed by atoms with E-state index < -0.39 is 10.8 Å². The molecule has 4 rings (SSSR count). The summed E-state index contributed by atoms with van der Waals surface area (Å²) < 4.78 is 6.11. The number of furan rings is 1. The minimum atomic E-state index is -0.475. The van der Waals surface area contributed by atoms with Crippen LogP contribution in [0.2, 0.25) is 5.02 Å². The Hall–Kier alpha value is -2.97. The predicted octanol–water partition coefficient (Wildman–Crippen LogP) is 4.86. The molecule has 2 heterocycles. The smallest absolute Gasteiger partial charge is 0.293 e. The van der Waals surface area contributed by atoms with E-state index >= 15 is 0 Å². The van der Waals surface area contributed by atoms with Gasteiger partial charge >= 0.3 is 0 Å². The van der Waals surface area contributed by atoms with Crippen molar-refractivity contribution in [1.29, 1.82) is 0 Å². The number of nitrogens with one attached hydrogen (secondary N) is 1. The lowest BCUT2D eigenvalue weighted by molar-refractivity contribution is -0.384. The highest BCUT2D eigenvalue weighted by molar-refractivity contribution is 7.22. The number of benzene rings is 2. The molecule has 0 spiro atoms. The van der Waals surface area contributed by atoms with Crippen LogP contribution in [0.5, 0.6) is 0 Å². The molecule has 1 N–H and O–H groups in total. The Morgan fingerprint density at radius 1 is 1.24 bits per heavy atom. The van der Waals surface area contributed by atoms with Crippen LogP contribution in [0.1, 0.15) is 10.6 Å². The Balaban J connectivity index is 1.62. The molecule has 0 fully saturated rings. The second kappa shape index (κ2) is 5.83. The fourth-order valence-corrected chi connectivity index (χ4v) is 3.44. The van der Waals surface area contributed by atoms with Crippen LogP contribution in [-0.2, 0) is 0 Å². The average Bonchev–Trinajstić information content (AvgIpc) is 3.16. The zero-order chi connectivity index (χ0) is 17.6. The topological polar surface area (TPSA) is 98.3 Å². The van der Waals surface area contributed by atoms with Crippen LogP contribution in [0.25, 0.3) is 21.2 Å². The third-order valence-electron chi connectivity index (χ3n) is 3.51. The summed E-state index contributed by atoms with van der Waals surface area (Å²) in [7, 11) is 0. The summed E-state index contributed by atoms with van der Waals surface area (Å²) in [4.78, 5) is 26.9. The molecular formula is C16H8ClN3O4S. The maximum Gasteiger partial charge on any atom is 0.293 e. The molecule has 0 unspecified atom stereocenters. The number of hydrogen-bond donors (Lipinski definition) is 1. The van der Waals surface area contributed by atoms with Gasteiger partial charge in [0.05, 0.1) is 15.1 Å². The largest absolute Gasteiger partial charge is 0.451 e. The minimum absolute atomic E-state index is 0.0248. The van der Waals surface area contributed by atoms with Crippen molar-refractivity contribution in [2.45, 2.75) is 0 Å². The SMILES string of the molecule is O=C(Nc1nc2ccc([N+](=O)[O-])cc2s1)c1cc2cc(Cl)ccc2o1. The molecule has 124 valence electrons. The van der Waals surface area contributed by atoms with E-state index in [4.69, 9.17) is 16.0 Å². The second-order valence-corrected chi connectivity index (χ2v) is 6.64. The van der Waals surface area contributed by atoms with Gasteiger partial charge in [0, 0.05) is 22.5 Å². The van der Waals surface area contributed by atoms with Crippen molar-refractivity contribution < 1.29 is 14.1 Å². The molecule has 0 aliphatic heterocycles. The lowest BCUT2D eigenvalue weighted by Gasteiger charge is -1.96. The summed E-state index contributed by atoms with van der Waals surface area (Å²) >= 11 is 7.07. The molecule has 1 amide bonds. The van der Waals surface area contributed by atoms with E-state index in [-0.39, 0.29) is 11.4 Å². The lowest BCUT2D eigenvalue weighted by atomic mass is 10.2. The number of rotatable bonds is 3. The Bertz CT molecular complexity index is 1150. The van der Waals surface area contributed by atoms with Gasteiger partial charge < -0.3 is 4.42 Å². The van der Waals surface area contributed by atoms with E-state index in [1.807, 2.05) is 0 Å². The van der Waals surface area contributed by atoms with Crippen molar-refractivity contribution in [2.24, 2.45) is 0 Å². The molecule has 4 aromatic rings. The minimum Gasteiger partial charge on any atom is -0.451 e. The van der Waals surface area contributed by atoms with E-state index in [2.05, 4.69) is 10.3 Å². The molecule has 0 radical (unpaired) electrons. The molecule has 2 aromatic heterocycles. The van der Waals surface area contributed by atoms with Crippen LogP contribution >= 0.6 is 22.9 Å². The highest BCUT2D eigenvalue weighted by atomic mass is 35.5. The van der Waals surface area contributed by atoms with Crippen molar-refractivity contribution in [1.82, 2.24) is 4.98 Å². The van der Waals surface area contributed by atoms with Crippen LogP contribution in [0.4, 0.5) is 10.8 Å². The van der Waals surface area contributed by atoms with Gasteiger partial charge in [-0.15, -0.1) is 0 Å². The van der Waals surface area contributed by atoms with Gasteiger partial charge in [-0.1, -0.05) is 22.9 Å². The van der Waals surface area contributed by atoms with E-state index in [1.165, 1.54) is 12.1 Å². The first-order valence-electron chi connectivity index (χ1n) is 7.05. The first-order chi connectivity index (χ1) is 12.0.